The summed E-state index contributed by atoms with van der Waals surface area (Å²) in [5.74, 6) is -0.996. The van der Waals surface area contributed by atoms with Gasteiger partial charge in [-0.3, -0.25) is 4.79 Å². The van der Waals surface area contributed by atoms with E-state index in [0.29, 0.717) is 18.6 Å². The van der Waals surface area contributed by atoms with Crippen molar-refractivity contribution in [2.45, 2.75) is 85.0 Å². The molecule has 0 aromatic carbocycles. The van der Waals surface area contributed by atoms with E-state index in [1.807, 2.05) is 0 Å². The van der Waals surface area contributed by atoms with Gasteiger partial charge in [-0.25, -0.2) is 4.79 Å². The lowest BCUT2D eigenvalue weighted by atomic mass is 9.84. The van der Waals surface area contributed by atoms with Crippen LogP contribution in [0, 0.1) is 5.41 Å². The SMILES string of the molecule is Br.C=C(C)C(=O)OCCC(C)(C)CCCCCCCCCC(=O)O.N. The molecule has 0 aromatic rings. The molecule has 0 aliphatic rings. The molecule has 0 heterocycles. The van der Waals surface area contributed by atoms with Crippen LogP contribution >= 0.6 is 17.0 Å². The Morgan fingerprint density at radius 3 is 1.92 bits per heavy atom. The van der Waals surface area contributed by atoms with Crippen LogP contribution in [0.5, 0.6) is 0 Å². The fourth-order valence-electron chi connectivity index (χ4n) is 2.43. The Morgan fingerprint density at radius 1 is 0.960 bits per heavy atom. The molecule has 0 saturated carbocycles. The van der Waals surface area contributed by atoms with Crippen molar-refractivity contribution in [1.82, 2.24) is 6.15 Å². The second kappa shape index (κ2) is 16.6. The smallest absolute Gasteiger partial charge is 0.333 e. The van der Waals surface area contributed by atoms with Crippen molar-refractivity contribution in [2.75, 3.05) is 6.61 Å². The Balaban J connectivity index is -0.00000242. The van der Waals surface area contributed by atoms with E-state index in [0.717, 1.165) is 32.1 Å². The Bertz CT molecular complexity index is 384. The van der Waals surface area contributed by atoms with Crippen LogP contribution in [-0.2, 0) is 14.3 Å². The number of hydrogen-bond acceptors (Lipinski definition) is 4. The maximum atomic E-state index is 11.3. The molecule has 0 aliphatic carbocycles. The number of hydrogen-bond donors (Lipinski definition) is 2. The molecule has 25 heavy (non-hydrogen) atoms. The number of aliphatic carboxylic acids is 1. The highest BCUT2D eigenvalue weighted by Gasteiger charge is 2.18. The molecule has 0 radical (unpaired) electrons. The lowest BCUT2D eigenvalue weighted by Gasteiger charge is -2.24. The molecule has 0 spiro atoms. The first-order chi connectivity index (χ1) is 10.7. The van der Waals surface area contributed by atoms with Gasteiger partial charge < -0.3 is 16.0 Å². The van der Waals surface area contributed by atoms with E-state index in [9.17, 15) is 9.59 Å². The van der Waals surface area contributed by atoms with E-state index in [2.05, 4.69) is 20.4 Å². The predicted molar refractivity (Wildman–Crippen MR) is 109 cm³/mol. The molecule has 0 rings (SSSR count). The number of carboxylic acid groups (broad SMARTS) is 1. The Kier molecular flexibility index (Phi) is 19.2. The van der Waals surface area contributed by atoms with Gasteiger partial charge in [0.05, 0.1) is 6.61 Å². The lowest BCUT2D eigenvalue weighted by Crippen LogP contribution is -2.16. The molecular weight excluding hydrogens is 386 g/mol. The molecule has 0 aromatic heterocycles. The highest BCUT2D eigenvalue weighted by molar-refractivity contribution is 8.93. The van der Waals surface area contributed by atoms with E-state index in [1.165, 1.54) is 25.7 Å². The van der Waals surface area contributed by atoms with Crippen molar-refractivity contribution in [3.8, 4) is 0 Å². The topological polar surface area (TPSA) is 98.6 Å². The average Bonchev–Trinajstić information content (AvgIpc) is 2.44. The van der Waals surface area contributed by atoms with Gasteiger partial charge in [0.1, 0.15) is 0 Å². The summed E-state index contributed by atoms with van der Waals surface area (Å²) in [6.45, 7) is 10.1. The number of halogens is 1. The fraction of sp³-hybridized carbons (Fsp3) is 0.789. The third-order valence-corrected chi connectivity index (χ3v) is 4.10. The van der Waals surface area contributed by atoms with E-state index in [1.54, 1.807) is 6.92 Å². The van der Waals surface area contributed by atoms with Crippen molar-refractivity contribution in [2.24, 2.45) is 5.41 Å². The molecule has 6 heteroatoms. The highest BCUT2D eigenvalue weighted by atomic mass is 79.9. The molecule has 0 atom stereocenters. The van der Waals surface area contributed by atoms with Crippen LogP contribution in [0.25, 0.3) is 0 Å². The first kappa shape index (κ1) is 28.9. The third-order valence-electron chi connectivity index (χ3n) is 4.10. The van der Waals surface area contributed by atoms with Crippen molar-refractivity contribution < 1.29 is 19.4 Å². The molecule has 0 unspecified atom stereocenters. The number of carbonyl (C=O) groups is 2. The van der Waals surface area contributed by atoms with Crippen molar-refractivity contribution >= 4 is 28.9 Å². The summed E-state index contributed by atoms with van der Waals surface area (Å²) in [4.78, 5) is 21.7. The third kappa shape index (κ3) is 19.3. The van der Waals surface area contributed by atoms with Gasteiger partial charge in [0, 0.05) is 12.0 Å². The van der Waals surface area contributed by atoms with Crippen LogP contribution in [0.2, 0.25) is 0 Å². The van der Waals surface area contributed by atoms with Crippen LogP contribution in [0.1, 0.15) is 85.0 Å². The van der Waals surface area contributed by atoms with Crippen LogP contribution in [0.4, 0.5) is 0 Å². The number of carboxylic acids is 1. The van der Waals surface area contributed by atoms with Crippen LogP contribution in [0.15, 0.2) is 12.2 Å². The molecule has 0 amide bonds. The van der Waals surface area contributed by atoms with Gasteiger partial charge in [-0.1, -0.05) is 59.0 Å². The maximum Gasteiger partial charge on any atom is 0.333 e. The quantitative estimate of drug-likeness (QED) is 0.207. The number of carbonyl (C=O) groups excluding carboxylic acids is 1. The molecular formula is C19H38BrNO4. The Morgan fingerprint density at radius 2 is 1.44 bits per heavy atom. The Hall–Kier alpha value is -0.880. The number of rotatable bonds is 14. The number of esters is 1. The van der Waals surface area contributed by atoms with Crippen molar-refractivity contribution in [1.29, 1.82) is 0 Å². The summed E-state index contributed by atoms with van der Waals surface area (Å²) in [6.07, 6.45) is 10.1. The van der Waals surface area contributed by atoms with Gasteiger partial charge in [0.2, 0.25) is 0 Å². The van der Waals surface area contributed by atoms with E-state index >= 15 is 0 Å². The summed E-state index contributed by atoms with van der Waals surface area (Å²) >= 11 is 0. The molecule has 4 N–H and O–H groups in total. The van der Waals surface area contributed by atoms with Gasteiger partial charge in [0.15, 0.2) is 0 Å². The summed E-state index contributed by atoms with van der Waals surface area (Å²) in [6, 6.07) is 0. The van der Waals surface area contributed by atoms with Crippen LogP contribution in [0.3, 0.4) is 0 Å². The van der Waals surface area contributed by atoms with Gasteiger partial charge in [-0.2, -0.15) is 0 Å². The first-order valence-electron chi connectivity index (χ1n) is 8.79. The standard InChI is InChI=1S/C19H34O4.BrH.H3N/c1-16(2)18(22)23-15-14-19(3,4)13-11-9-7-5-6-8-10-12-17(20)21;;/h1,5-15H2,2-4H3,(H,20,21);1H;1H3. The zero-order valence-corrected chi connectivity index (χ0v) is 18.0. The molecule has 0 aliphatic heterocycles. The van der Waals surface area contributed by atoms with E-state index in [4.69, 9.17) is 9.84 Å². The van der Waals surface area contributed by atoms with E-state index < -0.39 is 5.97 Å². The van der Waals surface area contributed by atoms with E-state index in [-0.39, 0.29) is 34.5 Å². The minimum absolute atomic E-state index is 0. The van der Waals surface area contributed by atoms with Crippen molar-refractivity contribution in [3.05, 3.63) is 12.2 Å². The lowest BCUT2D eigenvalue weighted by molar-refractivity contribution is -0.139. The van der Waals surface area contributed by atoms with Gasteiger partial charge in [-0.05, 0) is 31.6 Å². The number of ether oxygens (including phenoxy) is 1. The zero-order valence-electron chi connectivity index (χ0n) is 16.3. The summed E-state index contributed by atoms with van der Waals surface area (Å²) in [5.41, 5.74) is 0.641. The summed E-state index contributed by atoms with van der Waals surface area (Å²) < 4.78 is 5.16. The minimum atomic E-state index is -0.693. The normalized spacial score (nSPS) is 10.4. The summed E-state index contributed by atoms with van der Waals surface area (Å²) in [7, 11) is 0. The van der Waals surface area contributed by atoms with Gasteiger partial charge in [0.25, 0.3) is 0 Å². The molecule has 0 saturated heterocycles. The predicted octanol–water partition coefficient (Wildman–Crippen LogP) is 5.86. The first-order valence-corrected chi connectivity index (χ1v) is 8.79. The van der Waals surface area contributed by atoms with Gasteiger partial charge >= 0.3 is 11.9 Å². The second-order valence-electron chi connectivity index (χ2n) is 7.20. The second-order valence-corrected chi connectivity index (χ2v) is 7.20. The minimum Gasteiger partial charge on any atom is -0.481 e. The molecule has 0 bridgehead atoms. The molecule has 5 nitrogen and oxygen atoms in total. The number of unbranched alkanes of at least 4 members (excludes halogenated alkanes) is 6. The van der Waals surface area contributed by atoms with Crippen LogP contribution in [-0.4, -0.2) is 23.7 Å². The highest BCUT2D eigenvalue weighted by Crippen LogP contribution is 2.28. The molecule has 0 fully saturated rings. The van der Waals surface area contributed by atoms with Gasteiger partial charge in [-0.15, -0.1) is 17.0 Å². The monoisotopic (exact) mass is 423 g/mol. The zero-order chi connectivity index (χ0) is 17.7. The van der Waals surface area contributed by atoms with Crippen LogP contribution < -0.4 is 6.15 Å². The van der Waals surface area contributed by atoms with Crippen molar-refractivity contribution in [3.63, 3.8) is 0 Å². The maximum absolute atomic E-state index is 11.3. The summed E-state index contributed by atoms with van der Waals surface area (Å²) in [5, 5.41) is 8.55. The molecule has 150 valence electrons. The average molecular weight is 424 g/mol. The largest absolute Gasteiger partial charge is 0.481 e. The Labute approximate surface area is 163 Å². The fourth-order valence-corrected chi connectivity index (χ4v) is 2.43.